The van der Waals surface area contributed by atoms with Crippen LogP contribution in [0, 0.1) is 5.82 Å². The number of sulfone groups is 1. The first-order chi connectivity index (χ1) is 8.58. The molecule has 1 aromatic carbocycles. The van der Waals surface area contributed by atoms with Crippen molar-refractivity contribution in [1.29, 1.82) is 0 Å². The zero-order valence-corrected chi connectivity index (χ0v) is 11.0. The molecule has 0 bridgehead atoms. The van der Waals surface area contributed by atoms with Crippen LogP contribution in [0.25, 0.3) is 0 Å². The Bertz CT molecular complexity index is 495. The van der Waals surface area contributed by atoms with Gasteiger partial charge in [-0.2, -0.15) is 0 Å². The molecule has 100 valence electrons. The molecule has 1 fully saturated rings. The summed E-state index contributed by atoms with van der Waals surface area (Å²) in [6, 6.07) is 6.14. The van der Waals surface area contributed by atoms with Gasteiger partial charge in [0, 0.05) is 0 Å². The van der Waals surface area contributed by atoms with Gasteiger partial charge in [0.05, 0.1) is 11.0 Å². The normalized spacial score (nSPS) is 17.8. The lowest BCUT2D eigenvalue weighted by Crippen LogP contribution is -2.37. The van der Waals surface area contributed by atoms with Gasteiger partial charge < -0.3 is 5.32 Å². The van der Waals surface area contributed by atoms with Crippen molar-refractivity contribution < 1.29 is 12.8 Å². The summed E-state index contributed by atoms with van der Waals surface area (Å²) in [5.41, 5.74) is 0.743. The fourth-order valence-electron chi connectivity index (χ4n) is 2.27. The molecule has 0 radical (unpaired) electrons. The van der Waals surface area contributed by atoms with Gasteiger partial charge in [0.25, 0.3) is 0 Å². The van der Waals surface area contributed by atoms with Crippen LogP contribution in [0.15, 0.2) is 24.3 Å². The minimum Gasteiger partial charge on any atom is -0.317 e. The second-order valence-corrected chi connectivity index (χ2v) is 7.10. The molecule has 1 heterocycles. The van der Waals surface area contributed by atoms with Gasteiger partial charge in [-0.3, -0.25) is 0 Å². The predicted octanol–water partition coefficient (Wildman–Crippen LogP) is 1.54. The Balaban J connectivity index is 1.96. The lowest BCUT2D eigenvalue weighted by atomic mass is 10.2. The van der Waals surface area contributed by atoms with Crippen molar-refractivity contribution in [2.75, 3.05) is 18.8 Å². The molecule has 0 spiro atoms. The van der Waals surface area contributed by atoms with Gasteiger partial charge in [0.1, 0.15) is 5.82 Å². The third kappa shape index (κ3) is 3.53. The molecule has 5 heteroatoms. The molecule has 1 saturated heterocycles. The molecule has 1 N–H and O–H groups in total. The van der Waals surface area contributed by atoms with Crippen molar-refractivity contribution in [3.8, 4) is 0 Å². The summed E-state index contributed by atoms with van der Waals surface area (Å²) >= 11 is 0. The molecule has 0 saturated carbocycles. The summed E-state index contributed by atoms with van der Waals surface area (Å²) in [5.74, 6) is -0.201. The van der Waals surface area contributed by atoms with Crippen LogP contribution in [0.1, 0.15) is 18.4 Å². The molecule has 3 nitrogen and oxygen atoms in total. The first-order valence-corrected chi connectivity index (χ1v) is 7.96. The molecule has 0 aromatic heterocycles. The number of aryl methyl sites for hydroxylation is 1. The van der Waals surface area contributed by atoms with Crippen molar-refractivity contribution in [3.05, 3.63) is 35.6 Å². The molecule has 0 amide bonds. The van der Waals surface area contributed by atoms with E-state index in [-0.39, 0.29) is 16.8 Å². The van der Waals surface area contributed by atoms with Crippen LogP contribution in [0.4, 0.5) is 4.39 Å². The molecule has 1 aliphatic rings. The summed E-state index contributed by atoms with van der Waals surface area (Å²) in [6.07, 6.45) is 1.76. The lowest BCUT2D eigenvalue weighted by Gasteiger charge is -2.22. The van der Waals surface area contributed by atoms with E-state index in [9.17, 15) is 12.8 Å². The number of nitrogens with one attached hydrogen (secondary N) is 1. The quantitative estimate of drug-likeness (QED) is 0.903. The summed E-state index contributed by atoms with van der Waals surface area (Å²) in [6.45, 7) is 1.54. The van der Waals surface area contributed by atoms with Crippen LogP contribution in [0.2, 0.25) is 0 Å². The highest BCUT2D eigenvalue weighted by Gasteiger charge is 2.26. The maximum atomic E-state index is 13.0. The first-order valence-electron chi connectivity index (χ1n) is 6.25. The lowest BCUT2D eigenvalue weighted by molar-refractivity contribution is 0.496. The van der Waals surface area contributed by atoms with Gasteiger partial charge in [0.2, 0.25) is 0 Å². The zero-order valence-electron chi connectivity index (χ0n) is 10.2. The fourth-order valence-corrected chi connectivity index (χ4v) is 4.08. The standard InChI is InChI=1S/C13H18FNO2S/c14-12-3-1-2-11(10-12)6-9-18(16,17)13-4-7-15-8-5-13/h1-3,10,13,15H,4-9H2. The van der Waals surface area contributed by atoms with E-state index in [2.05, 4.69) is 5.32 Å². The average molecular weight is 271 g/mol. The maximum absolute atomic E-state index is 13.0. The summed E-state index contributed by atoms with van der Waals surface area (Å²) in [4.78, 5) is 0. The van der Waals surface area contributed by atoms with Crippen LogP contribution < -0.4 is 5.32 Å². The largest absolute Gasteiger partial charge is 0.317 e. The van der Waals surface area contributed by atoms with Crippen LogP contribution in [0.3, 0.4) is 0 Å². The van der Waals surface area contributed by atoms with Crippen molar-refractivity contribution in [2.24, 2.45) is 0 Å². The Labute approximate surface area is 107 Å². The Morgan fingerprint density at radius 1 is 1.28 bits per heavy atom. The number of piperidine rings is 1. The van der Waals surface area contributed by atoms with E-state index in [1.54, 1.807) is 12.1 Å². The summed E-state index contributed by atoms with van der Waals surface area (Å²) in [5, 5.41) is 2.92. The van der Waals surface area contributed by atoms with Crippen LogP contribution >= 0.6 is 0 Å². The van der Waals surface area contributed by atoms with Crippen molar-refractivity contribution in [3.63, 3.8) is 0 Å². The number of halogens is 1. The molecule has 0 unspecified atom stereocenters. The monoisotopic (exact) mass is 271 g/mol. The summed E-state index contributed by atoms with van der Waals surface area (Å²) < 4.78 is 37.2. The number of hydrogen-bond acceptors (Lipinski definition) is 3. The third-order valence-corrected chi connectivity index (χ3v) is 5.62. The van der Waals surface area contributed by atoms with Gasteiger partial charge >= 0.3 is 0 Å². The first kappa shape index (κ1) is 13.5. The van der Waals surface area contributed by atoms with Gasteiger partial charge in [-0.25, -0.2) is 12.8 Å². The highest BCUT2D eigenvalue weighted by atomic mass is 32.2. The molecular weight excluding hydrogens is 253 g/mol. The Hall–Kier alpha value is -0.940. The predicted molar refractivity (Wildman–Crippen MR) is 69.8 cm³/mol. The number of benzene rings is 1. The molecular formula is C13H18FNO2S. The van der Waals surface area contributed by atoms with Crippen molar-refractivity contribution in [1.82, 2.24) is 5.32 Å². The van der Waals surface area contributed by atoms with Crippen molar-refractivity contribution >= 4 is 9.84 Å². The second-order valence-electron chi connectivity index (χ2n) is 4.70. The van der Waals surface area contributed by atoms with E-state index in [0.29, 0.717) is 19.3 Å². The van der Waals surface area contributed by atoms with Crippen LogP contribution in [0.5, 0.6) is 0 Å². The second kappa shape index (κ2) is 5.80. The van der Waals surface area contributed by atoms with E-state index in [1.807, 2.05) is 0 Å². The molecule has 0 aliphatic carbocycles. The Morgan fingerprint density at radius 3 is 2.67 bits per heavy atom. The van der Waals surface area contributed by atoms with Crippen molar-refractivity contribution in [2.45, 2.75) is 24.5 Å². The van der Waals surface area contributed by atoms with E-state index in [0.717, 1.165) is 18.7 Å². The van der Waals surface area contributed by atoms with Crippen LogP contribution in [-0.2, 0) is 16.3 Å². The van der Waals surface area contributed by atoms with E-state index in [1.165, 1.54) is 12.1 Å². The molecule has 2 rings (SSSR count). The fraction of sp³-hybridized carbons (Fsp3) is 0.538. The van der Waals surface area contributed by atoms with Gasteiger partial charge in [-0.05, 0) is 50.0 Å². The number of hydrogen-bond donors (Lipinski definition) is 1. The Morgan fingerprint density at radius 2 is 2.00 bits per heavy atom. The minimum absolute atomic E-state index is 0.112. The topological polar surface area (TPSA) is 46.2 Å². The number of rotatable bonds is 4. The Kier molecular flexibility index (Phi) is 4.35. The highest BCUT2D eigenvalue weighted by Crippen LogP contribution is 2.16. The SMILES string of the molecule is O=S(=O)(CCc1cccc(F)c1)C1CCNCC1. The van der Waals surface area contributed by atoms with E-state index < -0.39 is 9.84 Å². The van der Waals surface area contributed by atoms with E-state index >= 15 is 0 Å². The third-order valence-electron chi connectivity index (χ3n) is 3.36. The maximum Gasteiger partial charge on any atom is 0.153 e. The highest BCUT2D eigenvalue weighted by molar-refractivity contribution is 7.92. The smallest absolute Gasteiger partial charge is 0.153 e. The summed E-state index contributed by atoms with van der Waals surface area (Å²) in [7, 11) is -3.06. The van der Waals surface area contributed by atoms with Crippen LogP contribution in [-0.4, -0.2) is 32.5 Å². The zero-order chi connectivity index (χ0) is 13.0. The van der Waals surface area contributed by atoms with E-state index in [4.69, 9.17) is 0 Å². The van der Waals surface area contributed by atoms with Gasteiger partial charge in [-0.15, -0.1) is 0 Å². The molecule has 1 aliphatic heterocycles. The molecule has 1 aromatic rings. The van der Waals surface area contributed by atoms with Gasteiger partial charge in [-0.1, -0.05) is 12.1 Å². The minimum atomic E-state index is -3.06. The molecule has 0 atom stereocenters. The molecule has 18 heavy (non-hydrogen) atoms. The van der Waals surface area contributed by atoms with Gasteiger partial charge in [0.15, 0.2) is 9.84 Å². The average Bonchev–Trinajstić information content (AvgIpc) is 2.38.